The molecule has 0 amide bonds. The Balaban J connectivity index is 1.06. The second kappa shape index (κ2) is 13.3. The molecule has 3 heteroatoms. The van der Waals surface area contributed by atoms with Crippen molar-refractivity contribution in [1.82, 2.24) is 14.5 Å². The summed E-state index contributed by atoms with van der Waals surface area (Å²) in [6.07, 6.45) is 1.05. The van der Waals surface area contributed by atoms with Gasteiger partial charge in [-0.3, -0.25) is 0 Å². The van der Waals surface area contributed by atoms with E-state index >= 15 is 0 Å². The maximum atomic E-state index is 5.39. The van der Waals surface area contributed by atoms with Gasteiger partial charge in [0.15, 0.2) is 0 Å². The number of imidazole rings is 1. The Morgan fingerprint density at radius 1 is 0.456 bits per heavy atom. The molecule has 3 nitrogen and oxygen atoms in total. The van der Waals surface area contributed by atoms with E-state index in [9.17, 15) is 0 Å². The van der Waals surface area contributed by atoms with Crippen molar-refractivity contribution < 1.29 is 0 Å². The Morgan fingerprint density at radius 3 is 1.74 bits per heavy atom. The number of hydrogen-bond acceptors (Lipinski definition) is 2. The van der Waals surface area contributed by atoms with Gasteiger partial charge in [-0.05, 0) is 69.1 Å². The molecule has 0 radical (unpaired) electrons. The summed E-state index contributed by atoms with van der Waals surface area (Å²) >= 11 is 0. The average molecular weight is 730 g/mol. The van der Waals surface area contributed by atoms with Crippen molar-refractivity contribution in [1.29, 1.82) is 0 Å². The van der Waals surface area contributed by atoms with E-state index in [2.05, 4.69) is 206 Å². The molecule has 1 aliphatic carbocycles. The average Bonchev–Trinajstić information content (AvgIpc) is 3.81. The number of pyridine rings is 1. The van der Waals surface area contributed by atoms with Crippen LogP contribution in [0.4, 0.5) is 0 Å². The molecule has 0 saturated carbocycles. The summed E-state index contributed by atoms with van der Waals surface area (Å²) in [5.41, 5.74) is 16.0. The highest BCUT2D eigenvalue weighted by Crippen LogP contribution is 2.58. The Morgan fingerprint density at radius 2 is 1.04 bits per heavy atom. The van der Waals surface area contributed by atoms with Crippen LogP contribution in [0.25, 0.3) is 77.6 Å². The lowest BCUT2D eigenvalue weighted by Gasteiger charge is -2.34. The van der Waals surface area contributed by atoms with Crippen molar-refractivity contribution in [3.8, 4) is 44.9 Å². The van der Waals surface area contributed by atoms with Gasteiger partial charge in [0.05, 0.1) is 27.7 Å². The molecule has 0 aliphatic heterocycles. The first-order valence-electron chi connectivity index (χ1n) is 20.0. The van der Waals surface area contributed by atoms with Gasteiger partial charge < -0.3 is 4.57 Å². The molecule has 0 bridgehead atoms. The Hall–Kier alpha value is -7.10. The summed E-state index contributed by atoms with van der Waals surface area (Å²) in [4.78, 5) is 10.4. The first kappa shape index (κ1) is 33.3. The fraction of sp³-hybridized carbons (Fsp3) is 0.0741. The largest absolute Gasteiger partial charge is 0.324 e. The Labute approximate surface area is 332 Å². The van der Waals surface area contributed by atoms with Crippen LogP contribution < -0.4 is 0 Å². The first-order valence-corrected chi connectivity index (χ1v) is 20.0. The van der Waals surface area contributed by atoms with E-state index in [1.165, 1.54) is 60.8 Å². The maximum absolute atomic E-state index is 5.39. The second-order valence-corrected chi connectivity index (χ2v) is 15.1. The van der Waals surface area contributed by atoms with Gasteiger partial charge in [-0.1, -0.05) is 183 Å². The van der Waals surface area contributed by atoms with Crippen LogP contribution in [0, 0.1) is 0 Å². The van der Waals surface area contributed by atoms with Gasteiger partial charge in [0, 0.05) is 33.8 Å². The molecular formula is C54H39N3. The smallest absolute Gasteiger partial charge is 0.141 e. The van der Waals surface area contributed by atoms with Gasteiger partial charge in [0.1, 0.15) is 5.82 Å². The fourth-order valence-corrected chi connectivity index (χ4v) is 9.57. The van der Waals surface area contributed by atoms with Crippen molar-refractivity contribution in [3.63, 3.8) is 0 Å². The summed E-state index contributed by atoms with van der Waals surface area (Å²) in [7, 11) is 0. The van der Waals surface area contributed by atoms with Crippen LogP contribution in [0.5, 0.6) is 0 Å². The SMILES string of the molecule is CCCn1c(-c2ccc(-c3ccc(-c4nc5ccccc5c5c6c(ccc45)C(c4ccccc4)(c4ccccc4)c4ccccc4-6)cc3)cc2)nc2ccccc21. The monoisotopic (exact) mass is 729 g/mol. The Kier molecular flexibility index (Phi) is 7.75. The zero-order valence-corrected chi connectivity index (χ0v) is 31.7. The number of hydrogen-bond donors (Lipinski definition) is 0. The Bertz CT molecular complexity index is 3070. The molecule has 11 rings (SSSR count). The molecule has 2 aromatic heterocycles. The van der Waals surface area contributed by atoms with Crippen molar-refractivity contribution >= 4 is 32.7 Å². The lowest BCUT2D eigenvalue weighted by Crippen LogP contribution is -2.28. The highest BCUT2D eigenvalue weighted by atomic mass is 15.1. The predicted octanol–water partition coefficient (Wildman–Crippen LogP) is 13.5. The van der Waals surface area contributed by atoms with Gasteiger partial charge in [-0.15, -0.1) is 0 Å². The summed E-state index contributed by atoms with van der Waals surface area (Å²) in [6.45, 7) is 3.16. The van der Waals surface area contributed by atoms with Crippen LogP contribution >= 0.6 is 0 Å². The van der Waals surface area contributed by atoms with E-state index in [1.807, 2.05) is 0 Å². The van der Waals surface area contributed by atoms with Crippen LogP contribution in [0.15, 0.2) is 194 Å². The molecule has 0 unspecified atom stereocenters. The van der Waals surface area contributed by atoms with Crippen LogP contribution in [-0.2, 0) is 12.0 Å². The molecule has 0 N–H and O–H groups in total. The number of rotatable bonds is 7. The van der Waals surface area contributed by atoms with E-state index < -0.39 is 5.41 Å². The minimum atomic E-state index is -0.465. The topological polar surface area (TPSA) is 30.7 Å². The zero-order chi connectivity index (χ0) is 37.9. The molecule has 0 spiro atoms. The zero-order valence-electron chi connectivity index (χ0n) is 31.7. The van der Waals surface area contributed by atoms with Gasteiger partial charge in [-0.2, -0.15) is 0 Å². The molecular weight excluding hydrogens is 691 g/mol. The summed E-state index contributed by atoms with van der Waals surface area (Å²) in [6, 6.07) is 70.6. The summed E-state index contributed by atoms with van der Waals surface area (Å²) in [5, 5.41) is 3.58. The number of nitrogens with zero attached hydrogens (tertiary/aromatic N) is 3. The third-order valence-corrected chi connectivity index (χ3v) is 12.0. The minimum absolute atomic E-state index is 0.465. The van der Waals surface area contributed by atoms with E-state index in [4.69, 9.17) is 9.97 Å². The third-order valence-electron chi connectivity index (χ3n) is 12.0. The van der Waals surface area contributed by atoms with Crippen LogP contribution in [0.1, 0.15) is 35.6 Å². The summed E-state index contributed by atoms with van der Waals surface area (Å²) < 4.78 is 2.34. The fourth-order valence-electron chi connectivity index (χ4n) is 9.57. The van der Waals surface area contributed by atoms with Crippen molar-refractivity contribution in [2.24, 2.45) is 0 Å². The van der Waals surface area contributed by atoms with Crippen LogP contribution in [-0.4, -0.2) is 14.5 Å². The number of fused-ring (bicyclic) bond motifs is 8. The highest BCUT2D eigenvalue weighted by molar-refractivity contribution is 6.19. The van der Waals surface area contributed by atoms with Gasteiger partial charge in [0.2, 0.25) is 0 Å². The van der Waals surface area contributed by atoms with Crippen molar-refractivity contribution in [3.05, 3.63) is 216 Å². The number of aromatic nitrogens is 3. The molecule has 0 atom stereocenters. The lowest BCUT2D eigenvalue weighted by atomic mass is 9.67. The predicted molar refractivity (Wildman–Crippen MR) is 236 cm³/mol. The molecule has 1 aliphatic rings. The van der Waals surface area contributed by atoms with Crippen LogP contribution in [0.3, 0.4) is 0 Å². The third kappa shape index (κ3) is 5.05. The van der Waals surface area contributed by atoms with E-state index in [0.29, 0.717) is 0 Å². The molecule has 2 heterocycles. The van der Waals surface area contributed by atoms with Gasteiger partial charge >= 0.3 is 0 Å². The standard InChI is InChI=1S/C54H39N3/c1-2-35-57-49-24-14-13-23-48(49)56-53(57)39-31-27-37(28-32-39)36-25-29-38(30-26-36)52-44-33-34-46-51(50(44)43-20-10-12-22-47(43)55-52)42-19-9-11-21-45(42)54(46,40-15-5-3-6-16-40)41-17-7-4-8-18-41/h3-34H,2,35H2,1H3. The lowest BCUT2D eigenvalue weighted by molar-refractivity contribution is 0.704. The first-order chi connectivity index (χ1) is 28.2. The van der Waals surface area contributed by atoms with E-state index in [-0.39, 0.29) is 0 Å². The molecule has 0 saturated heterocycles. The number of benzene rings is 8. The second-order valence-electron chi connectivity index (χ2n) is 15.1. The van der Waals surface area contributed by atoms with E-state index in [0.717, 1.165) is 52.0 Å². The number of para-hydroxylation sites is 3. The number of aryl methyl sites for hydroxylation is 1. The van der Waals surface area contributed by atoms with E-state index in [1.54, 1.807) is 0 Å². The summed E-state index contributed by atoms with van der Waals surface area (Å²) in [5.74, 6) is 1.02. The highest BCUT2D eigenvalue weighted by Gasteiger charge is 2.46. The maximum Gasteiger partial charge on any atom is 0.141 e. The molecule has 10 aromatic rings. The molecule has 57 heavy (non-hydrogen) atoms. The quantitative estimate of drug-likeness (QED) is 0.153. The molecule has 8 aromatic carbocycles. The van der Waals surface area contributed by atoms with Crippen molar-refractivity contribution in [2.75, 3.05) is 0 Å². The van der Waals surface area contributed by atoms with Crippen molar-refractivity contribution in [2.45, 2.75) is 25.3 Å². The van der Waals surface area contributed by atoms with Crippen LogP contribution in [0.2, 0.25) is 0 Å². The van der Waals surface area contributed by atoms with Gasteiger partial charge in [-0.25, -0.2) is 9.97 Å². The molecule has 270 valence electrons. The normalized spacial score (nSPS) is 12.9. The van der Waals surface area contributed by atoms with Gasteiger partial charge in [0.25, 0.3) is 0 Å². The molecule has 0 fully saturated rings. The minimum Gasteiger partial charge on any atom is -0.324 e.